The molecule has 1 saturated heterocycles. The maximum absolute atomic E-state index is 12.3. The van der Waals surface area contributed by atoms with Crippen LogP contribution in [0.2, 0.25) is 0 Å². The molecule has 2 rings (SSSR count). The Labute approximate surface area is 130 Å². The monoisotopic (exact) mass is 311 g/mol. The normalized spacial score (nSPS) is 19.2. The minimum absolute atomic E-state index is 0.0530. The molecule has 0 saturated carbocycles. The molecule has 21 heavy (non-hydrogen) atoms. The van der Waals surface area contributed by atoms with Crippen molar-refractivity contribution >= 4 is 17.7 Å². The number of aromatic nitrogens is 1. The predicted molar refractivity (Wildman–Crippen MR) is 85.8 cm³/mol. The van der Waals surface area contributed by atoms with Crippen LogP contribution in [-0.2, 0) is 4.79 Å². The van der Waals surface area contributed by atoms with Gasteiger partial charge in [0.15, 0.2) is 0 Å². The first-order valence-corrected chi connectivity index (χ1v) is 8.68. The fourth-order valence-corrected chi connectivity index (χ4v) is 3.76. The van der Waals surface area contributed by atoms with Gasteiger partial charge in [0.25, 0.3) is 0 Å². The van der Waals surface area contributed by atoms with Crippen LogP contribution in [0.3, 0.4) is 0 Å². The van der Waals surface area contributed by atoms with E-state index in [1.54, 1.807) is 0 Å². The molecule has 0 bridgehead atoms. The van der Waals surface area contributed by atoms with Gasteiger partial charge < -0.3 is 9.84 Å². The highest BCUT2D eigenvalue weighted by Gasteiger charge is 2.24. The van der Waals surface area contributed by atoms with Crippen molar-refractivity contribution in [3.8, 4) is 0 Å². The molecule has 1 fully saturated rings. The van der Waals surface area contributed by atoms with E-state index >= 15 is 0 Å². The van der Waals surface area contributed by atoms with Gasteiger partial charge in [0.2, 0.25) is 5.91 Å². The molecule has 0 aromatic carbocycles. The lowest BCUT2D eigenvalue weighted by molar-refractivity contribution is -0.125. The number of carbonyl (C=O) groups excluding carboxylic acids is 1. The number of nitrogens with one attached hydrogen (secondary N) is 1. The number of nitrogens with zero attached hydrogens (tertiary/aromatic N) is 2. The molecule has 1 N–H and O–H groups in total. The lowest BCUT2D eigenvalue weighted by Gasteiger charge is -2.31. The Kier molecular flexibility index (Phi) is 5.70. The Bertz CT molecular complexity index is 464. The van der Waals surface area contributed by atoms with Gasteiger partial charge in [-0.15, -0.1) is 0 Å². The zero-order valence-corrected chi connectivity index (χ0v) is 14.1. The Morgan fingerprint density at radius 2 is 2.05 bits per heavy atom. The average molecular weight is 311 g/mol. The molecule has 0 unspecified atom stereocenters. The van der Waals surface area contributed by atoms with E-state index in [0.717, 1.165) is 41.6 Å². The van der Waals surface area contributed by atoms with E-state index < -0.39 is 0 Å². The summed E-state index contributed by atoms with van der Waals surface area (Å²) in [6.07, 6.45) is 0. The Morgan fingerprint density at radius 1 is 1.38 bits per heavy atom. The van der Waals surface area contributed by atoms with Crippen molar-refractivity contribution < 1.29 is 9.32 Å². The highest BCUT2D eigenvalue weighted by atomic mass is 32.2. The Balaban J connectivity index is 1.85. The number of amides is 1. The molecule has 1 aliphatic rings. The largest absolute Gasteiger partial charge is 0.361 e. The van der Waals surface area contributed by atoms with Crippen LogP contribution in [0.5, 0.6) is 0 Å². The predicted octanol–water partition coefficient (Wildman–Crippen LogP) is 1.95. The topological polar surface area (TPSA) is 58.4 Å². The van der Waals surface area contributed by atoms with Crippen molar-refractivity contribution in [3.63, 3.8) is 0 Å². The number of aryl methyl sites for hydroxylation is 2. The molecule has 0 aliphatic carbocycles. The van der Waals surface area contributed by atoms with Crippen molar-refractivity contribution in [3.05, 3.63) is 17.0 Å². The summed E-state index contributed by atoms with van der Waals surface area (Å²) in [5, 5.41) is 7.04. The van der Waals surface area contributed by atoms with Gasteiger partial charge in [-0.3, -0.25) is 9.69 Å². The van der Waals surface area contributed by atoms with E-state index in [2.05, 4.69) is 22.3 Å². The van der Waals surface area contributed by atoms with E-state index in [1.165, 1.54) is 0 Å². The van der Waals surface area contributed by atoms with Crippen molar-refractivity contribution in [1.82, 2.24) is 15.4 Å². The molecule has 118 valence electrons. The quantitative estimate of drug-likeness (QED) is 0.900. The molecule has 5 nitrogen and oxygen atoms in total. The first-order valence-electron chi connectivity index (χ1n) is 7.53. The maximum Gasteiger partial charge on any atom is 0.237 e. The molecule has 1 aromatic rings. The summed E-state index contributed by atoms with van der Waals surface area (Å²) in [5.41, 5.74) is 2.02. The maximum atomic E-state index is 12.3. The van der Waals surface area contributed by atoms with Crippen molar-refractivity contribution in [2.75, 3.05) is 31.1 Å². The minimum atomic E-state index is -0.0530. The Hall–Kier alpha value is -1.01. The lowest BCUT2D eigenvalue weighted by Crippen LogP contribution is -2.48. The van der Waals surface area contributed by atoms with Gasteiger partial charge in [-0.1, -0.05) is 12.1 Å². The summed E-state index contributed by atoms with van der Waals surface area (Å²) in [7, 11) is 0. The van der Waals surface area contributed by atoms with Gasteiger partial charge in [-0.25, -0.2) is 0 Å². The highest BCUT2D eigenvalue weighted by Crippen LogP contribution is 2.22. The number of rotatable bonds is 5. The van der Waals surface area contributed by atoms with E-state index in [1.807, 2.05) is 32.5 Å². The van der Waals surface area contributed by atoms with Gasteiger partial charge in [-0.05, 0) is 20.8 Å². The number of hydrogen-bond donors (Lipinski definition) is 1. The molecular weight excluding hydrogens is 286 g/mol. The second kappa shape index (κ2) is 7.31. The van der Waals surface area contributed by atoms with Crippen LogP contribution in [0.1, 0.15) is 36.8 Å². The summed E-state index contributed by atoms with van der Waals surface area (Å²) in [6, 6.07) is -0.0530. The van der Waals surface area contributed by atoms with Crippen LogP contribution < -0.4 is 5.32 Å². The zero-order chi connectivity index (χ0) is 15.4. The third kappa shape index (κ3) is 4.01. The number of carbonyl (C=O) groups is 1. The van der Waals surface area contributed by atoms with Crippen LogP contribution in [0, 0.1) is 13.8 Å². The van der Waals surface area contributed by atoms with Gasteiger partial charge in [0.05, 0.1) is 11.7 Å². The van der Waals surface area contributed by atoms with Gasteiger partial charge >= 0.3 is 0 Å². The molecule has 0 radical (unpaired) electrons. The second-order valence-electron chi connectivity index (χ2n) is 5.71. The van der Waals surface area contributed by atoms with Crippen LogP contribution in [0.25, 0.3) is 0 Å². The number of thioether (sulfide) groups is 1. The molecule has 0 spiro atoms. The van der Waals surface area contributed by atoms with E-state index in [-0.39, 0.29) is 17.9 Å². The van der Waals surface area contributed by atoms with Crippen LogP contribution >= 0.6 is 11.8 Å². The van der Waals surface area contributed by atoms with Gasteiger partial charge in [-0.2, -0.15) is 11.8 Å². The van der Waals surface area contributed by atoms with Crippen molar-refractivity contribution in [2.24, 2.45) is 0 Å². The summed E-state index contributed by atoms with van der Waals surface area (Å²) in [5.74, 6) is 3.40. The number of hydrogen-bond acceptors (Lipinski definition) is 5. The second-order valence-corrected chi connectivity index (χ2v) is 6.93. The minimum Gasteiger partial charge on any atom is -0.361 e. The van der Waals surface area contributed by atoms with E-state index in [9.17, 15) is 4.79 Å². The zero-order valence-electron chi connectivity index (χ0n) is 13.3. The average Bonchev–Trinajstić information content (AvgIpc) is 2.83. The van der Waals surface area contributed by atoms with Crippen LogP contribution in [0.4, 0.5) is 0 Å². The summed E-state index contributed by atoms with van der Waals surface area (Å²) >= 11 is 1.96. The van der Waals surface area contributed by atoms with Gasteiger partial charge in [0.1, 0.15) is 5.76 Å². The highest BCUT2D eigenvalue weighted by molar-refractivity contribution is 7.99. The lowest BCUT2D eigenvalue weighted by atomic mass is 9.99. The third-order valence-corrected chi connectivity index (χ3v) is 5.08. The molecule has 2 atom stereocenters. The van der Waals surface area contributed by atoms with Crippen molar-refractivity contribution in [1.29, 1.82) is 0 Å². The Morgan fingerprint density at radius 3 is 2.62 bits per heavy atom. The smallest absolute Gasteiger partial charge is 0.237 e. The third-order valence-electron chi connectivity index (χ3n) is 4.14. The van der Waals surface area contributed by atoms with Crippen molar-refractivity contribution in [2.45, 2.75) is 39.7 Å². The fraction of sp³-hybridized carbons (Fsp3) is 0.733. The fourth-order valence-electron chi connectivity index (χ4n) is 2.83. The SMILES string of the molecule is Cc1noc(C)c1[C@H](C)CNC(=O)[C@@H](C)N1CCSCC1. The molecule has 1 amide bonds. The van der Waals surface area contributed by atoms with E-state index in [0.29, 0.717) is 6.54 Å². The molecule has 2 heterocycles. The van der Waals surface area contributed by atoms with E-state index in [4.69, 9.17) is 4.52 Å². The standard InChI is InChI=1S/C15H25N3O2S/c1-10(14-11(2)17-20-13(14)4)9-16-15(19)12(3)18-5-7-21-8-6-18/h10,12H,5-9H2,1-4H3,(H,16,19)/t10-,12-/m1/s1. The van der Waals surface area contributed by atoms with Gasteiger partial charge in [0, 0.05) is 42.6 Å². The molecular formula is C15H25N3O2S. The summed E-state index contributed by atoms with van der Waals surface area (Å²) in [4.78, 5) is 14.5. The van der Waals surface area contributed by atoms with Crippen LogP contribution in [0.15, 0.2) is 4.52 Å². The van der Waals surface area contributed by atoms with Crippen LogP contribution in [-0.4, -0.2) is 53.1 Å². The summed E-state index contributed by atoms with van der Waals surface area (Å²) < 4.78 is 5.19. The summed E-state index contributed by atoms with van der Waals surface area (Å²) in [6.45, 7) is 10.6. The molecule has 6 heteroatoms. The molecule has 1 aromatic heterocycles. The first-order chi connectivity index (χ1) is 10.0. The first kappa shape index (κ1) is 16.4. The molecule has 1 aliphatic heterocycles.